The molecule has 246 valence electrons. The number of carbonyl (C=O) groups is 4. The maximum Gasteiger partial charge on any atom is 0.320 e. The number of carbonyl (C=O) groups excluding carboxylic acids is 4. The standard InChI is InChI=1S/C34H39Cl2N3O7/c1-21-34(33(43)44-2)19-24(16-30(40)37-11-13-38(14-12-37)32(42)27-8-5-15-45-27)31(41)39(20-23-9-10-25(35)17-26(23)36)29(34)18-28(46-21)22-6-3-4-7-22/h5,8-10,15,17-18,21-22,24,28H,3-4,6-7,11-14,16,19-20H2,1-2H3/t21-,24+,28-,34+/m1/s1. The Labute approximate surface area is 278 Å². The highest BCUT2D eigenvalue weighted by Gasteiger charge is 2.60. The van der Waals surface area contributed by atoms with Gasteiger partial charge in [-0.05, 0) is 68.0 Å². The monoisotopic (exact) mass is 671 g/mol. The van der Waals surface area contributed by atoms with Crippen LogP contribution in [0.1, 0.15) is 61.6 Å². The number of rotatable bonds is 7. The second-order valence-corrected chi connectivity index (χ2v) is 13.6. The number of esters is 1. The number of likely N-dealkylation sites (tertiary alicyclic amines) is 1. The molecule has 1 aromatic heterocycles. The van der Waals surface area contributed by atoms with Crippen molar-refractivity contribution in [2.45, 2.75) is 64.2 Å². The number of amides is 3. The minimum absolute atomic E-state index is 0.0798. The van der Waals surface area contributed by atoms with Gasteiger partial charge in [-0.2, -0.15) is 0 Å². The molecule has 3 aliphatic heterocycles. The summed E-state index contributed by atoms with van der Waals surface area (Å²) >= 11 is 12.8. The van der Waals surface area contributed by atoms with Gasteiger partial charge in [0.05, 0.1) is 32.1 Å². The van der Waals surface area contributed by atoms with Crippen LogP contribution in [-0.4, -0.2) is 83.9 Å². The van der Waals surface area contributed by atoms with E-state index in [0.717, 1.165) is 25.7 Å². The van der Waals surface area contributed by atoms with E-state index in [9.17, 15) is 19.2 Å². The van der Waals surface area contributed by atoms with Crippen molar-refractivity contribution in [2.24, 2.45) is 17.3 Å². The lowest BCUT2D eigenvalue weighted by Crippen LogP contribution is -2.60. The summed E-state index contributed by atoms with van der Waals surface area (Å²) in [6, 6.07) is 8.38. The highest BCUT2D eigenvalue weighted by molar-refractivity contribution is 6.35. The van der Waals surface area contributed by atoms with Crippen molar-refractivity contribution in [3.05, 3.63) is 69.7 Å². The molecule has 6 rings (SSSR count). The van der Waals surface area contributed by atoms with Crippen LogP contribution < -0.4 is 0 Å². The van der Waals surface area contributed by atoms with E-state index in [0.29, 0.717) is 53.4 Å². The lowest BCUT2D eigenvalue weighted by atomic mass is 9.66. The fourth-order valence-electron chi connectivity index (χ4n) is 7.59. The molecule has 0 unspecified atom stereocenters. The van der Waals surface area contributed by atoms with Crippen LogP contribution in [0.2, 0.25) is 10.0 Å². The molecule has 1 aromatic carbocycles. The number of piperazine rings is 1. The quantitative estimate of drug-likeness (QED) is 0.366. The predicted molar refractivity (Wildman–Crippen MR) is 170 cm³/mol. The van der Waals surface area contributed by atoms with Gasteiger partial charge in [-0.1, -0.05) is 42.1 Å². The second-order valence-electron chi connectivity index (χ2n) is 12.7. The molecule has 0 N–H and O–H groups in total. The van der Waals surface area contributed by atoms with Gasteiger partial charge in [0, 0.05) is 54.3 Å². The Morgan fingerprint density at radius 1 is 1.04 bits per heavy atom. The zero-order valence-electron chi connectivity index (χ0n) is 26.1. The van der Waals surface area contributed by atoms with Gasteiger partial charge in [0.2, 0.25) is 11.8 Å². The van der Waals surface area contributed by atoms with Crippen molar-refractivity contribution in [1.82, 2.24) is 14.7 Å². The van der Waals surface area contributed by atoms with E-state index in [1.54, 1.807) is 45.0 Å². The average Bonchev–Trinajstić information content (AvgIpc) is 3.79. The van der Waals surface area contributed by atoms with Crippen LogP contribution in [0.15, 0.2) is 52.8 Å². The lowest BCUT2D eigenvalue weighted by Gasteiger charge is -2.52. The van der Waals surface area contributed by atoms with Crippen molar-refractivity contribution < 1.29 is 33.1 Å². The normalized spacial score (nSPS) is 27.0. The van der Waals surface area contributed by atoms with Crippen LogP contribution in [-0.2, 0) is 30.4 Å². The summed E-state index contributed by atoms with van der Waals surface area (Å²) < 4.78 is 17.2. The average molecular weight is 673 g/mol. The number of benzene rings is 1. The van der Waals surface area contributed by atoms with Crippen molar-refractivity contribution in [1.29, 1.82) is 0 Å². The zero-order chi connectivity index (χ0) is 32.6. The smallest absolute Gasteiger partial charge is 0.320 e. The first-order chi connectivity index (χ1) is 22.1. The van der Waals surface area contributed by atoms with Gasteiger partial charge in [-0.15, -0.1) is 0 Å². The Balaban J connectivity index is 1.28. The largest absolute Gasteiger partial charge is 0.468 e. The third-order valence-electron chi connectivity index (χ3n) is 10.1. The van der Waals surface area contributed by atoms with Crippen molar-refractivity contribution in [3.63, 3.8) is 0 Å². The summed E-state index contributed by atoms with van der Waals surface area (Å²) in [5.41, 5.74) is -0.0739. The van der Waals surface area contributed by atoms with Crippen molar-refractivity contribution in [2.75, 3.05) is 33.3 Å². The number of furan rings is 1. The first-order valence-electron chi connectivity index (χ1n) is 15.9. The molecule has 0 bridgehead atoms. The fourth-order valence-corrected chi connectivity index (χ4v) is 8.06. The topological polar surface area (TPSA) is 110 Å². The SMILES string of the molecule is COC(=O)[C@]12C[C@H](CC(=O)N3CCN(C(=O)c4ccco4)CC3)C(=O)N(Cc3ccc(Cl)cc3Cl)C1=C[C@H](C1CCCC1)O[C@@H]2C. The number of hydrogen-bond acceptors (Lipinski definition) is 7. The molecule has 4 heterocycles. The van der Waals surface area contributed by atoms with Crippen molar-refractivity contribution >= 4 is 46.9 Å². The number of fused-ring (bicyclic) bond motifs is 1. The maximum atomic E-state index is 14.4. The molecule has 2 saturated heterocycles. The summed E-state index contributed by atoms with van der Waals surface area (Å²) in [4.78, 5) is 59.7. The molecule has 1 saturated carbocycles. The maximum absolute atomic E-state index is 14.4. The molecule has 4 aliphatic rings. The number of hydrogen-bond donors (Lipinski definition) is 0. The van der Waals surface area contributed by atoms with E-state index in [2.05, 4.69) is 0 Å². The van der Waals surface area contributed by atoms with Gasteiger partial charge >= 0.3 is 5.97 Å². The van der Waals surface area contributed by atoms with Gasteiger partial charge in [-0.25, -0.2) is 0 Å². The third kappa shape index (κ3) is 6.07. The van der Waals surface area contributed by atoms with Crippen LogP contribution in [0.5, 0.6) is 0 Å². The molecule has 3 fully saturated rings. The van der Waals surface area contributed by atoms with Gasteiger partial charge in [0.1, 0.15) is 5.41 Å². The molecule has 10 nitrogen and oxygen atoms in total. The second kappa shape index (κ2) is 13.4. The number of nitrogens with zero attached hydrogens (tertiary/aromatic N) is 3. The van der Waals surface area contributed by atoms with Crippen LogP contribution >= 0.6 is 23.2 Å². The Morgan fingerprint density at radius 3 is 2.41 bits per heavy atom. The molecule has 12 heteroatoms. The number of ether oxygens (including phenoxy) is 2. The number of methoxy groups -OCH3 is 1. The predicted octanol–water partition coefficient (Wildman–Crippen LogP) is 5.33. The fraction of sp³-hybridized carbons (Fsp3) is 0.529. The molecular formula is C34H39Cl2N3O7. The van der Waals surface area contributed by atoms with Gasteiger partial charge in [0.25, 0.3) is 5.91 Å². The van der Waals surface area contributed by atoms with Crippen LogP contribution in [0, 0.1) is 17.3 Å². The van der Waals surface area contributed by atoms with Crippen LogP contribution in [0.4, 0.5) is 0 Å². The van der Waals surface area contributed by atoms with Gasteiger partial charge < -0.3 is 28.6 Å². The molecule has 46 heavy (non-hydrogen) atoms. The van der Waals surface area contributed by atoms with Crippen LogP contribution in [0.25, 0.3) is 0 Å². The van der Waals surface area contributed by atoms with E-state index in [-0.39, 0.29) is 49.0 Å². The molecule has 1 aliphatic carbocycles. The molecule has 3 amide bonds. The Kier molecular flexibility index (Phi) is 9.50. The molecular weight excluding hydrogens is 633 g/mol. The van der Waals surface area contributed by atoms with Gasteiger partial charge in [0.15, 0.2) is 5.76 Å². The summed E-state index contributed by atoms with van der Waals surface area (Å²) in [5.74, 6) is -1.46. The van der Waals surface area contributed by atoms with E-state index in [1.165, 1.54) is 13.4 Å². The first-order valence-corrected chi connectivity index (χ1v) is 16.7. The first kappa shape index (κ1) is 32.6. The Hall–Kier alpha value is -3.34. The van der Waals surface area contributed by atoms with E-state index < -0.39 is 23.4 Å². The number of piperidine rings is 1. The highest BCUT2D eigenvalue weighted by Crippen LogP contribution is 2.52. The summed E-state index contributed by atoms with van der Waals surface area (Å²) in [5, 5.41) is 0.870. The lowest BCUT2D eigenvalue weighted by molar-refractivity contribution is -0.178. The van der Waals surface area contributed by atoms with E-state index >= 15 is 0 Å². The number of halogens is 2. The Bertz CT molecular complexity index is 1510. The minimum Gasteiger partial charge on any atom is -0.468 e. The summed E-state index contributed by atoms with van der Waals surface area (Å²) in [6.45, 7) is 3.30. The van der Waals surface area contributed by atoms with Gasteiger partial charge in [-0.3, -0.25) is 19.2 Å². The molecule has 0 spiro atoms. The Morgan fingerprint density at radius 2 is 1.76 bits per heavy atom. The molecule has 4 atom stereocenters. The highest BCUT2D eigenvalue weighted by atomic mass is 35.5. The van der Waals surface area contributed by atoms with E-state index in [1.807, 2.05) is 13.0 Å². The van der Waals surface area contributed by atoms with Crippen molar-refractivity contribution in [3.8, 4) is 0 Å². The minimum atomic E-state index is -1.30. The summed E-state index contributed by atoms with van der Waals surface area (Å²) in [6.07, 6.45) is 6.79. The molecule has 2 aromatic rings. The third-order valence-corrected chi connectivity index (χ3v) is 10.7. The van der Waals surface area contributed by atoms with Crippen LogP contribution in [0.3, 0.4) is 0 Å². The summed E-state index contributed by atoms with van der Waals surface area (Å²) in [7, 11) is 1.34. The molecule has 0 radical (unpaired) electrons. The zero-order valence-corrected chi connectivity index (χ0v) is 27.6. The van der Waals surface area contributed by atoms with E-state index in [4.69, 9.17) is 37.1 Å².